The highest BCUT2D eigenvalue weighted by Crippen LogP contribution is 2.30. The van der Waals surface area contributed by atoms with E-state index >= 15 is 0 Å². The maximum Gasteiger partial charge on any atom is 0.0297 e. The first-order valence-electron chi connectivity index (χ1n) is 8.07. The molecule has 0 saturated heterocycles. The molecule has 1 aliphatic rings. The maximum atomic E-state index is 6.47. The van der Waals surface area contributed by atoms with Crippen LogP contribution in [-0.2, 0) is 0 Å². The quantitative estimate of drug-likeness (QED) is 0.760. The summed E-state index contributed by atoms with van der Waals surface area (Å²) in [5, 5.41) is 2.61. The van der Waals surface area contributed by atoms with Crippen molar-refractivity contribution in [2.24, 2.45) is 11.7 Å². The molecule has 0 heterocycles. The Kier molecular flexibility index (Phi) is 4.37. The number of fused-ring (bicyclic) bond motifs is 1. The highest BCUT2D eigenvalue weighted by Gasteiger charge is 2.17. The van der Waals surface area contributed by atoms with E-state index < -0.39 is 0 Å². The van der Waals surface area contributed by atoms with Crippen LogP contribution in [0.1, 0.15) is 56.6 Å². The van der Waals surface area contributed by atoms with Gasteiger partial charge in [0.2, 0.25) is 0 Å². The lowest BCUT2D eigenvalue weighted by Crippen LogP contribution is -2.15. The van der Waals surface area contributed by atoms with Crippen LogP contribution in [0.25, 0.3) is 10.8 Å². The molecule has 2 N–H and O–H groups in total. The summed E-state index contributed by atoms with van der Waals surface area (Å²) in [5.74, 6) is 0.832. The zero-order valence-corrected chi connectivity index (χ0v) is 12.2. The van der Waals surface area contributed by atoms with Crippen LogP contribution in [0.4, 0.5) is 0 Å². The highest BCUT2D eigenvalue weighted by molar-refractivity contribution is 5.83. The molecule has 1 nitrogen and oxygen atoms in total. The Labute approximate surface area is 122 Å². The molecule has 106 valence electrons. The van der Waals surface area contributed by atoms with Crippen molar-refractivity contribution in [1.29, 1.82) is 0 Å². The summed E-state index contributed by atoms with van der Waals surface area (Å²) < 4.78 is 0. The van der Waals surface area contributed by atoms with Gasteiger partial charge in [-0.1, -0.05) is 74.9 Å². The number of nitrogens with two attached hydrogens (primary N) is 1. The van der Waals surface area contributed by atoms with Gasteiger partial charge in [-0.2, -0.15) is 0 Å². The molecule has 0 radical (unpaired) electrons. The molecule has 2 aromatic rings. The van der Waals surface area contributed by atoms with Crippen LogP contribution < -0.4 is 5.73 Å². The summed E-state index contributed by atoms with van der Waals surface area (Å²) in [7, 11) is 0. The second kappa shape index (κ2) is 6.41. The fourth-order valence-electron chi connectivity index (χ4n) is 3.53. The van der Waals surface area contributed by atoms with Gasteiger partial charge in [0.05, 0.1) is 0 Å². The van der Waals surface area contributed by atoms with E-state index in [9.17, 15) is 0 Å². The number of benzene rings is 2. The molecule has 1 saturated carbocycles. The molecule has 3 rings (SSSR count). The maximum absolute atomic E-state index is 6.47. The number of rotatable bonds is 3. The van der Waals surface area contributed by atoms with Gasteiger partial charge >= 0.3 is 0 Å². The molecule has 1 fully saturated rings. The molecule has 1 unspecified atom stereocenters. The smallest absolute Gasteiger partial charge is 0.0297 e. The van der Waals surface area contributed by atoms with Crippen LogP contribution in [-0.4, -0.2) is 0 Å². The van der Waals surface area contributed by atoms with Crippen molar-refractivity contribution in [2.75, 3.05) is 0 Å². The van der Waals surface area contributed by atoms with Crippen molar-refractivity contribution < 1.29 is 0 Å². The lowest BCUT2D eigenvalue weighted by molar-refractivity contribution is 0.393. The third-order valence-electron chi connectivity index (χ3n) is 4.76. The predicted octanol–water partition coefficient (Wildman–Crippen LogP) is 5.20. The molecule has 0 amide bonds. The van der Waals surface area contributed by atoms with Crippen molar-refractivity contribution in [3.63, 3.8) is 0 Å². The van der Waals surface area contributed by atoms with Gasteiger partial charge in [-0.15, -0.1) is 0 Å². The minimum atomic E-state index is 0.197. The molecular formula is C19H25N. The second-order valence-corrected chi connectivity index (χ2v) is 6.31. The minimum absolute atomic E-state index is 0.197. The first kappa shape index (κ1) is 13.6. The first-order chi connectivity index (χ1) is 9.83. The van der Waals surface area contributed by atoms with E-state index in [2.05, 4.69) is 42.5 Å². The van der Waals surface area contributed by atoms with Crippen molar-refractivity contribution in [3.8, 4) is 0 Å². The molecule has 1 heteroatoms. The molecule has 20 heavy (non-hydrogen) atoms. The first-order valence-corrected chi connectivity index (χ1v) is 8.07. The van der Waals surface area contributed by atoms with E-state index in [1.165, 1.54) is 54.9 Å². The molecule has 1 aliphatic carbocycles. The molecule has 1 atom stereocenters. The van der Waals surface area contributed by atoms with Gasteiger partial charge in [0.1, 0.15) is 0 Å². The molecule has 0 bridgehead atoms. The van der Waals surface area contributed by atoms with Gasteiger partial charge in [-0.05, 0) is 34.7 Å². The van der Waals surface area contributed by atoms with Gasteiger partial charge in [-0.25, -0.2) is 0 Å². The lowest BCUT2D eigenvalue weighted by Gasteiger charge is -2.20. The van der Waals surface area contributed by atoms with E-state index in [0.29, 0.717) is 0 Å². The molecule has 0 spiro atoms. The van der Waals surface area contributed by atoms with Crippen molar-refractivity contribution >= 4 is 10.8 Å². The topological polar surface area (TPSA) is 26.0 Å². The summed E-state index contributed by atoms with van der Waals surface area (Å²) in [6.07, 6.45) is 9.54. The van der Waals surface area contributed by atoms with Crippen molar-refractivity contribution in [1.82, 2.24) is 0 Å². The minimum Gasteiger partial charge on any atom is -0.324 e. The van der Waals surface area contributed by atoms with Crippen LogP contribution >= 0.6 is 0 Å². The second-order valence-electron chi connectivity index (χ2n) is 6.31. The summed E-state index contributed by atoms with van der Waals surface area (Å²) in [6, 6.07) is 15.4. The van der Waals surface area contributed by atoms with Gasteiger partial charge in [0.25, 0.3) is 0 Å². The fourth-order valence-corrected chi connectivity index (χ4v) is 3.53. The van der Waals surface area contributed by atoms with E-state index in [4.69, 9.17) is 5.73 Å². The van der Waals surface area contributed by atoms with E-state index in [0.717, 1.165) is 12.3 Å². The van der Waals surface area contributed by atoms with E-state index in [1.54, 1.807) is 0 Å². The van der Waals surface area contributed by atoms with Gasteiger partial charge in [0.15, 0.2) is 0 Å². The molecule has 0 aromatic heterocycles. The largest absolute Gasteiger partial charge is 0.324 e. The van der Waals surface area contributed by atoms with Crippen molar-refractivity contribution in [2.45, 2.75) is 51.0 Å². The van der Waals surface area contributed by atoms with Gasteiger partial charge < -0.3 is 5.73 Å². The van der Waals surface area contributed by atoms with Crippen LogP contribution in [0.3, 0.4) is 0 Å². The standard InChI is InChI=1S/C19H25N/c20-19(13-15-7-3-1-2-4-8-15)18-12-11-16-9-5-6-10-17(16)14-18/h5-6,9-12,14-15,19H,1-4,7-8,13,20H2. The Hall–Kier alpha value is -1.34. The third kappa shape index (κ3) is 3.21. The van der Waals surface area contributed by atoms with E-state index in [1.807, 2.05) is 0 Å². The van der Waals surface area contributed by atoms with Crippen LogP contribution in [0.5, 0.6) is 0 Å². The Bertz CT molecular complexity index is 552. The number of hydrogen-bond donors (Lipinski definition) is 1. The summed E-state index contributed by atoms with van der Waals surface area (Å²) in [4.78, 5) is 0. The third-order valence-corrected chi connectivity index (χ3v) is 4.76. The Morgan fingerprint density at radius 2 is 1.60 bits per heavy atom. The molecule has 2 aromatic carbocycles. The predicted molar refractivity (Wildman–Crippen MR) is 86.7 cm³/mol. The summed E-state index contributed by atoms with van der Waals surface area (Å²) >= 11 is 0. The average molecular weight is 267 g/mol. The van der Waals surface area contributed by atoms with Crippen LogP contribution in [0.15, 0.2) is 42.5 Å². The summed E-state index contributed by atoms with van der Waals surface area (Å²) in [5.41, 5.74) is 7.77. The fraction of sp³-hybridized carbons (Fsp3) is 0.474. The molecular weight excluding hydrogens is 242 g/mol. The Morgan fingerprint density at radius 1 is 0.900 bits per heavy atom. The normalized spacial score (nSPS) is 18.9. The lowest BCUT2D eigenvalue weighted by atomic mass is 9.89. The van der Waals surface area contributed by atoms with Crippen molar-refractivity contribution in [3.05, 3.63) is 48.0 Å². The monoisotopic (exact) mass is 267 g/mol. The number of hydrogen-bond acceptors (Lipinski definition) is 1. The highest BCUT2D eigenvalue weighted by atomic mass is 14.6. The zero-order valence-electron chi connectivity index (χ0n) is 12.2. The zero-order chi connectivity index (χ0) is 13.8. The Balaban J connectivity index is 1.72. The Morgan fingerprint density at radius 3 is 2.35 bits per heavy atom. The molecule has 0 aliphatic heterocycles. The van der Waals surface area contributed by atoms with Gasteiger partial charge in [0, 0.05) is 6.04 Å². The average Bonchev–Trinajstić information content (AvgIpc) is 2.75. The van der Waals surface area contributed by atoms with Gasteiger partial charge in [-0.3, -0.25) is 0 Å². The van der Waals surface area contributed by atoms with Crippen LogP contribution in [0.2, 0.25) is 0 Å². The SMILES string of the molecule is NC(CC1CCCCCC1)c1ccc2ccccc2c1. The van der Waals surface area contributed by atoms with E-state index in [-0.39, 0.29) is 6.04 Å². The summed E-state index contributed by atoms with van der Waals surface area (Å²) in [6.45, 7) is 0. The van der Waals surface area contributed by atoms with Crippen LogP contribution in [0, 0.1) is 5.92 Å².